The van der Waals surface area contributed by atoms with E-state index in [1.165, 1.54) is 49.3 Å². The summed E-state index contributed by atoms with van der Waals surface area (Å²) in [6.45, 7) is 2.72. The first-order valence-electron chi connectivity index (χ1n) is 7.35. The van der Waals surface area contributed by atoms with Gasteiger partial charge in [0.05, 0.1) is 10.6 Å². The van der Waals surface area contributed by atoms with Crippen molar-refractivity contribution in [3.8, 4) is 0 Å². The molecule has 0 saturated heterocycles. The number of amides is 1. The SMILES string of the molecule is CCNc1nnc(SCC(=O)Nc2cccc(S(=O)(=O)N(C)C)c2)s1. The number of sulfonamides is 1. The third-order valence-corrected chi connectivity index (χ3v) is 6.78. The molecule has 2 N–H and O–H groups in total. The van der Waals surface area contributed by atoms with E-state index in [0.29, 0.717) is 15.2 Å². The number of thioether (sulfide) groups is 1. The lowest BCUT2D eigenvalue weighted by Crippen LogP contribution is -2.22. The summed E-state index contributed by atoms with van der Waals surface area (Å²) >= 11 is 2.66. The normalized spacial score (nSPS) is 11.5. The van der Waals surface area contributed by atoms with Gasteiger partial charge in [0.2, 0.25) is 21.1 Å². The molecule has 0 fully saturated rings. The number of carbonyl (C=O) groups is 1. The van der Waals surface area contributed by atoms with Crippen LogP contribution in [0.5, 0.6) is 0 Å². The lowest BCUT2D eigenvalue weighted by atomic mass is 10.3. The van der Waals surface area contributed by atoms with E-state index in [0.717, 1.165) is 10.8 Å². The Balaban J connectivity index is 1.96. The molecule has 1 aromatic carbocycles. The van der Waals surface area contributed by atoms with E-state index in [2.05, 4.69) is 20.8 Å². The van der Waals surface area contributed by atoms with E-state index in [1.54, 1.807) is 12.1 Å². The fraction of sp³-hybridized carbons (Fsp3) is 0.357. The van der Waals surface area contributed by atoms with Crippen LogP contribution in [0.25, 0.3) is 0 Å². The van der Waals surface area contributed by atoms with Crippen LogP contribution in [0.3, 0.4) is 0 Å². The van der Waals surface area contributed by atoms with E-state index in [9.17, 15) is 13.2 Å². The van der Waals surface area contributed by atoms with Crippen molar-refractivity contribution in [2.45, 2.75) is 16.2 Å². The van der Waals surface area contributed by atoms with E-state index in [1.807, 2.05) is 6.92 Å². The highest BCUT2D eigenvalue weighted by Gasteiger charge is 2.17. The Kier molecular flexibility index (Phi) is 6.76. The minimum atomic E-state index is -3.54. The molecule has 0 aliphatic carbocycles. The molecule has 0 radical (unpaired) electrons. The Morgan fingerprint density at radius 3 is 2.76 bits per heavy atom. The fourth-order valence-corrected chi connectivity index (χ4v) is 4.33. The Morgan fingerprint density at radius 1 is 1.32 bits per heavy atom. The molecule has 8 nitrogen and oxygen atoms in total. The van der Waals surface area contributed by atoms with E-state index < -0.39 is 10.0 Å². The van der Waals surface area contributed by atoms with E-state index >= 15 is 0 Å². The largest absolute Gasteiger partial charge is 0.360 e. The Labute approximate surface area is 155 Å². The molecule has 0 spiro atoms. The van der Waals surface area contributed by atoms with Gasteiger partial charge >= 0.3 is 0 Å². The summed E-state index contributed by atoms with van der Waals surface area (Å²) in [5.74, 6) is -0.0876. The highest BCUT2D eigenvalue weighted by molar-refractivity contribution is 8.01. The van der Waals surface area contributed by atoms with Gasteiger partial charge in [0, 0.05) is 26.3 Å². The number of nitrogens with one attached hydrogen (secondary N) is 2. The minimum Gasteiger partial charge on any atom is -0.360 e. The minimum absolute atomic E-state index is 0.127. The van der Waals surface area contributed by atoms with Crippen LogP contribution in [0.4, 0.5) is 10.8 Å². The molecule has 0 atom stereocenters. The van der Waals surface area contributed by atoms with Crippen molar-refractivity contribution in [3.05, 3.63) is 24.3 Å². The molecular formula is C14H19N5O3S3. The van der Waals surface area contributed by atoms with Crippen molar-refractivity contribution in [1.82, 2.24) is 14.5 Å². The first-order chi connectivity index (χ1) is 11.8. The molecule has 0 aliphatic heterocycles. The van der Waals surface area contributed by atoms with Gasteiger partial charge in [0.25, 0.3) is 0 Å². The van der Waals surface area contributed by atoms with Gasteiger partial charge in [-0.1, -0.05) is 29.2 Å². The molecule has 1 amide bonds. The number of carbonyl (C=O) groups excluding carboxylic acids is 1. The van der Waals surface area contributed by atoms with Gasteiger partial charge in [-0.2, -0.15) is 0 Å². The number of anilines is 2. The zero-order valence-corrected chi connectivity index (χ0v) is 16.5. The molecule has 136 valence electrons. The zero-order chi connectivity index (χ0) is 18.4. The zero-order valence-electron chi connectivity index (χ0n) is 14.0. The second-order valence-corrected chi connectivity index (χ2v) is 9.41. The summed E-state index contributed by atoms with van der Waals surface area (Å²) in [7, 11) is -0.621. The van der Waals surface area contributed by atoms with Crippen LogP contribution >= 0.6 is 23.1 Å². The maximum Gasteiger partial charge on any atom is 0.242 e. The lowest BCUT2D eigenvalue weighted by molar-refractivity contribution is -0.113. The van der Waals surface area contributed by atoms with Gasteiger partial charge in [-0.05, 0) is 25.1 Å². The van der Waals surface area contributed by atoms with Gasteiger partial charge in [-0.25, -0.2) is 12.7 Å². The van der Waals surface area contributed by atoms with Crippen molar-refractivity contribution in [3.63, 3.8) is 0 Å². The average Bonchev–Trinajstić information content (AvgIpc) is 3.01. The third-order valence-electron chi connectivity index (χ3n) is 2.96. The monoisotopic (exact) mass is 401 g/mol. The summed E-state index contributed by atoms with van der Waals surface area (Å²) in [5.41, 5.74) is 0.430. The Hall–Kier alpha value is -1.69. The maximum absolute atomic E-state index is 12.1. The Morgan fingerprint density at radius 2 is 2.08 bits per heavy atom. The fourth-order valence-electron chi connectivity index (χ4n) is 1.76. The number of hydrogen-bond donors (Lipinski definition) is 2. The predicted octanol–water partition coefficient (Wildman–Crippen LogP) is 1.95. The smallest absolute Gasteiger partial charge is 0.242 e. The van der Waals surface area contributed by atoms with E-state index in [-0.39, 0.29) is 16.6 Å². The molecule has 25 heavy (non-hydrogen) atoms. The summed E-state index contributed by atoms with van der Waals surface area (Å²) < 4.78 is 26.1. The van der Waals surface area contributed by atoms with Crippen molar-refractivity contribution >= 4 is 49.8 Å². The van der Waals surface area contributed by atoms with Crippen molar-refractivity contribution in [2.75, 3.05) is 37.0 Å². The number of hydrogen-bond acceptors (Lipinski definition) is 8. The Bertz CT molecular complexity index is 836. The predicted molar refractivity (Wildman–Crippen MR) is 101 cm³/mol. The number of aromatic nitrogens is 2. The third kappa shape index (κ3) is 5.39. The molecule has 0 bridgehead atoms. The number of benzene rings is 1. The van der Waals surface area contributed by atoms with E-state index in [4.69, 9.17) is 0 Å². The molecular weight excluding hydrogens is 382 g/mol. The van der Waals surface area contributed by atoms with Gasteiger partial charge < -0.3 is 10.6 Å². The first kappa shape index (κ1) is 19.6. The number of rotatable bonds is 8. The summed E-state index contributed by atoms with van der Waals surface area (Å²) in [6, 6.07) is 6.16. The molecule has 1 aromatic heterocycles. The molecule has 2 aromatic rings. The standard InChI is InChI=1S/C14H19N5O3S3/c1-4-15-13-17-18-14(24-13)23-9-12(20)16-10-6-5-7-11(8-10)25(21,22)19(2)3/h5-8H,4,9H2,1-3H3,(H,15,17)(H,16,20). The second kappa shape index (κ2) is 8.61. The summed E-state index contributed by atoms with van der Waals surface area (Å²) in [5, 5.41) is 14.4. The topological polar surface area (TPSA) is 104 Å². The van der Waals surface area contributed by atoms with Crippen molar-refractivity contribution < 1.29 is 13.2 Å². The quantitative estimate of drug-likeness (QED) is 0.652. The van der Waals surface area contributed by atoms with Crippen LogP contribution in [0.2, 0.25) is 0 Å². The van der Waals surface area contributed by atoms with Crippen LogP contribution in [-0.4, -0.2) is 55.2 Å². The molecule has 11 heteroatoms. The summed E-state index contributed by atoms with van der Waals surface area (Å²) in [6.07, 6.45) is 0. The van der Waals surface area contributed by atoms with Gasteiger partial charge in [0.15, 0.2) is 4.34 Å². The lowest BCUT2D eigenvalue weighted by Gasteiger charge is -2.12. The van der Waals surface area contributed by atoms with Crippen LogP contribution in [0.15, 0.2) is 33.5 Å². The van der Waals surface area contributed by atoms with Crippen molar-refractivity contribution in [2.24, 2.45) is 0 Å². The first-order valence-corrected chi connectivity index (χ1v) is 10.6. The molecule has 0 saturated carbocycles. The molecule has 0 unspecified atom stereocenters. The second-order valence-electron chi connectivity index (χ2n) is 5.06. The highest BCUT2D eigenvalue weighted by atomic mass is 32.2. The van der Waals surface area contributed by atoms with Crippen LogP contribution in [-0.2, 0) is 14.8 Å². The van der Waals surface area contributed by atoms with Crippen LogP contribution in [0, 0.1) is 0 Å². The van der Waals surface area contributed by atoms with Gasteiger partial charge in [0.1, 0.15) is 0 Å². The van der Waals surface area contributed by atoms with Gasteiger partial charge in [-0.3, -0.25) is 4.79 Å². The highest BCUT2D eigenvalue weighted by Crippen LogP contribution is 2.25. The average molecular weight is 402 g/mol. The van der Waals surface area contributed by atoms with Crippen LogP contribution in [0.1, 0.15) is 6.92 Å². The van der Waals surface area contributed by atoms with Crippen LogP contribution < -0.4 is 10.6 Å². The van der Waals surface area contributed by atoms with Gasteiger partial charge in [-0.15, -0.1) is 10.2 Å². The maximum atomic E-state index is 12.1. The summed E-state index contributed by atoms with van der Waals surface area (Å²) in [4.78, 5) is 12.2. The molecule has 2 rings (SSSR count). The van der Waals surface area contributed by atoms with Crippen molar-refractivity contribution in [1.29, 1.82) is 0 Å². The molecule has 0 aliphatic rings. The number of nitrogens with zero attached hydrogens (tertiary/aromatic N) is 3. The molecule has 1 heterocycles.